The average molecular weight is 495 g/mol. The number of nitrogens with one attached hydrogen (secondary N) is 1. The fourth-order valence-corrected chi connectivity index (χ4v) is 7.05. The molecule has 4 fully saturated rings. The third kappa shape index (κ3) is 4.21. The Hall–Kier alpha value is -0.740. The van der Waals surface area contributed by atoms with Gasteiger partial charge in [-0.2, -0.15) is 0 Å². The molecule has 4 aliphatic carbocycles. The second kappa shape index (κ2) is 8.42. The number of benzene rings is 2. The molecule has 0 unspecified atom stereocenters. The van der Waals surface area contributed by atoms with Gasteiger partial charge in [0.05, 0.1) is 0 Å². The molecule has 0 aromatic heterocycles. The summed E-state index contributed by atoms with van der Waals surface area (Å²) in [4.78, 5) is 0. The Labute approximate surface area is 191 Å². The van der Waals surface area contributed by atoms with Crippen LogP contribution < -0.4 is 10.1 Å². The predicted octanol–water partition coefficient (Wildman–Crippen LogP) is 7.25. The monoisotopic (exact) mass is 493 g/mol. The Morgan fingerprint density at radius 3 is 2.24 bits per heavy atom. The fraction of sp³-hybridized carbons (Fsp3) is 0.500. The van der Waals surface area contributed by atoms with E-state index in [0.29, 0.717) is 22.7 Å². The zero-order valence-electron chi connectivity index (χ0n) is 16.3. The second-order valence-corrected chi connectivity index (χ2v) is 10.8. The van der Waals surface area contributed by atoms with Crippen molar-refractivity contribution in [2.75, 3.05) is 0 Å². The first kappa shape index (κ1) is 20.2. The predicted molar refractivity (Wildman–Crippen MR) is 123 cm³/mol. The van der Waals surface area contributed by atoms with Gasteiger partial charge in [-0.1, -0.05) is 45.2 Å². The molecule has 2 aromatic rings. The van der Waals surface area contributed by atoms with Crippen LogP contribution in [0.25, 0.3) is 0 Å². The largest absolute Gasteiger partial charge is 0.488 e. The van der Waals surface area contributed by atoms with Crippen molar-refractivity contribution in [1.29, 1.82) is 0 Å². The van der Waals surface area contributed by atoms with Crippen LogP contribution in [0.15, 0.2) is 40.9 Å². The van der Waals surface area contributed by atoms with Crippen molar-refractivity contribution in [2.24, 2.45) is 23.7 Å². The molecule has 1 N–H and O–H groups in total. The molecule has 6 rings (SSSR count). The molecule has 0 spiro atoms. The summed E-state index contributed by atoms with van der Waals surface area (Å²) in [5, 5.41) is 5.20. The molecule has 0 heterocycles. The first-order valence-electron chi connectivity index (χ1n) is 10.6. The molecule has 0 amide bonds. The SMILES string of the molecule is Clc1cccc(Cl)c1COc1ccc(Br)cc1CNC1C2CC3CC(C2)CC1C3. The normalized spacial score (nSPS) is 30.0. The highest BCUT2D eigenvalue weighted by Gasteiger charge is 2.47. The molecule has 4 aliphatic rings. The summed E-state index contributed by atoms with van der Waals surface area (Å²) >= 11 is 16.2. The minimum absolute atomic E-state index is 0.366. The number of rotatable bonds is 6. The maximum absolute atomic E-state index is 6.31. The Bertz CT molecular complexity index is 854. The summed E-state index contributed by atoms with van der Waals surface area (Å²) in [5.41, 5.74) is 2.01. The Morgan fingerprint density at radius 2 is 1.59 bits per heavy atom. The minimum Gasteiger partial charge on any atom is -0.488 e. The lowest BCUT2D eigenvalue weighted by Crippen LogP contribution is -2.54. The van der Waals surface area contributed by atoms with Crippen LogP contribution >= 0.6 is 39.1 Å². The van der Waals surface area contributed by atoms with Crippen molar-refractivity contribution in [3.05, 3.63) is 62.0 Å². The zero-order chi connectivity index (χ0) is 20.0. The molecule has 4 bridgehead atoms. The molecule has 154 valence electrons. The topological polar surface area (TPSA) is 21.3 Å². The van der Waals surface area contributed by atoms with Crippen LogP contribution in [-0.2, 0) is 13.2 Å². The standard InChI is InChI=1S/C24H26BrCl2NO/c25-19-4-5-23(29-13-20-21(26)2-1-3-22(20)27)18(11-19)12-28-24-16-7-14-6-15(9-16)10-17(24)8-14/h1-5,11,14-17,24,28H,6-10,12-13H2. The van der Waals surface area contributed by atoms with E-state index in [9.17, 15) is 0 Å². The van der Waals surface area contributed by atoms with Crippen molar-refractivity contribution < 1.29 is 4.74 Å². The van der Waals surface area contributed by atoms with Crippen LogP contribution in [0.4, 0.5) is 0 Å². The van der Waals surface area contributed by atoms with Crippen molar-refractivity contribution in [3.63, 3.8) is 0 Å². The van der Waals surface area contributed by atoms with Crippen LogP contribution in [-0.4, -0.2) is 6.04 Å². The molecule has 0 radical (unpaired) electrons. The first-order valence-corrected chi connectivity index (χ1v) is 12.2. The van der Waals surface area contributed by atoms with E-state index < -0.39 is 0 Å². The van der Waals surface area contributed by atoms with Gasteiger partial charge in [-0.25, -0.2) is 0 Å². The van der Waals surface area contributed by atoms with Crippen molar-refractivity contribution >= 4 is 39.1 Å². The maximum Gasteiger partial charge on any atom is 0.124 e. The van der Waals surface area contributed by atoms with Crippen molar-refractivity contribution in [3.8, 4) is 5.75 Å². The summed E-state index contributed by atoms with van der Waals surface area (Å²) < 4.78 is 7.24. The Kier molecular flexibility index (Phi) is 5.86. The lowest BCUT2D eigenvalue weighted by atomic mass is 9.54. The molecule has 5 heteroatoms. The minimum atomic E-state index is 0.366. The van der Waals surface area contributed by atoms with E-state index in [1.807, 2.05) is 30.3 Å². The van der Waals surface area contributed by atoms with Gasteiger partial charge in [0.25, 0.3) is 0 Å². The van der Waals surface area contributed by atoms with Gasteiger partial charge in [-0.15, -0.1) is 0 Å². The molecule has 2 nitrogen and oxygen atoms in total. The summed E-state index contributed by atoms with van der Waals surface area (Å²) in [6.07, 6.45) is 7.21. The average Bonchev–Trinajstić information content (AvgIpc) is 2.68. The molecule has 2 aromatic carbocycles. The molecule has 4 saturated carbocycles. The number of hydrogen-bond donors (Lipinski definition) is 1. The Morgan fingerprint density at radius 1 is 0.931 bits per heavy atom. The fourth-order valence-electron chi connectivity index (χ4n) is 6.13. The molecular weight excluding hydrogens is 469 g/mol. The summed E-state index contributed by atoms with van der Waals surface area (Å²) in [5.74, 6) is 4.62. The first-order chi connectivity index (χ1) is 14.1. The smallest absolute Gasteiger partial charge is 0.124 e. The second-order valence-electron chi connectivity index (χ2n) is 9.08. The summed E-state index contributed by atoms with van der Waals surface area (Å²) in [7, 11) is 0. The van der Waals surface area contributed by atoms with Crippen LogP contribution in [0, 0.1) is 23.7 Å². The molecule has 0 saturated heterocycles. The van der Waals surface area contributed by atoms with Gasteiger partial charge in [0.15, 0.2) is 0 Å². The summed E-state index contributed by atoms with van der Waals surface area (Å²) in [6, 6.07) is 12.4. The van der Waals surface area contributed by atoms with E-state index in [1.165, 1.54) is 37.7 Å². The van der Waals surface area contributed by atoms with E-state index in [-0.39, 0.29) is 0 Å². The molecule has 29 heavy (non-hydrogen) atoms. The third-order valence-corrected chi connectivity index (χ3v) is 8.41. The summed E-state index contributed by atoms with van der Waals surface area (Å²) in [6.45, 7) is 1.20. The van der Waals surface area contributed by atoms with E-state index >= 15 is 0 Å². The highest BCUT2D eigenvalue weighted by molar-refractivity contribution is 9.10. The lowest BCUT2D eigenvalue weighted by molar-refractivity contribution is -0.0143. The van der Waals surface area contributed by atoms with Gasteiger partial charge in [-0.3, -0.25) is 0 Å². The van der Waals surface area contributed by atoms with E-state index in [1.54, 1.807) is 0 Å². The highest BCUT2D eigenvalue weighted by atomic mass is 79.9. The third-order valence-electron chi connectivity index (χ3n) is 7.21. The quantitative estimate of drug-likeness (QED) is 0.456. The number of ether oxygens (including phenoxy) is 1. The maximum atomic E-state index is 6.31. The van der Waals surface area contributed by atoms with Crippen molar-refractivity contribution in [1.82, 2.24) is 5.32 Å². The Balaban J connectivity index is 1.28. The van der Waals surface area contributed by atoms with Gasteiger partial charge >= 0.3 is 0 Å². The van der Waals surface area contributed by atoms with E-state index in [0.717, 1.165) is 46.0 Å². The van der Waals surface area contributed by atoms with Gasteiger partial charge in [0.2, 0.25) is 0 Å². The van der Waals surface area contributed by atoms with Gasteiger partial charge in [-0.05, 0) is 86.1 Å². The molecule has 0 aliphatic heterocycles. The lowest BCUT2D eigenvalue weighted by Gasteiger charge is -2.54. The van der Waals surface area contributed by atoms with Gasteiger partial charge < -0.3 is 10.1 Å². The van der Waals surface area contributed by atoms with Crippen LogP contribution in [0.5, 0.6) is 5.75 Å². The van der Waals surface area contributed by atoms with Crippen LogP contribution in [0.3, 0.4) is 0 Å². The molecular formula is C24H26BrCl2NO. The van der Waals surface area contributed by atoms with E-state index in [4.69, 9.17) is 27.9 Å². The van der Waals surface area contributed by atoms with E-state index in [2.05, 4.69) is 27.3 Å². The number of halogens is 3. The van der Waals surface area contributed by atoms with Gasteiger partial charge in [0.1, 0.15) is 12.4 Å². The number of hydrogen-bond acceptors (Lipinski definition) is 2. The van der Waals surface area contributed by atoms with Crippen LogP contribution in [0.2, 0.25) is 10.0 Å². The zero-order valence-corrected chi connectivity index (χ0v) is 19.4. The van der Waals surface area contributed by atoms with Gasteiger partial charge in [0, 0.05) is 38.2 Å². The van der Waals surface area contributed by atoms with Crippen molar-refractivity contribution in [2.45, 2.75) is 51.3 Å². The molecule has 0 atom stereocenters. The van der Waals surface area contributed by atoms with Crippen LogP contribution in [0.1, 0.15) is 43.2 Å². The highest BCUT2D eigenvalue weighted by Crippen LogP contribution is 2.53.